The molecule has 5 aromatic rings. The van der Waals surface area contributed by atoms with Crippen molar-refractivity contribution in [3.05, 3.63) is 228 Å². The number of likely N-dealkylation sites (N-methyl/N-ethyl adjacent to an activating group) is 1. The Labute approximate surface area is 864 Å². The van der Waals surface area contributed by atoms with Crippen molar-refractivity contribution in [1.82, 2.24) is 4.90 Å². The molecular formula is C117H189NO23Si2. The van der Waals surface area contributed by atoms with Gasteiger partial charge in [0, 0.05) is 33.6 Å². The first kappa shape index (κ1) is 133. The quantitative estimate of drug-likeness (QED) is 0.00702. The van der Waals surface area contributed by atoms with Crippen molar-refractivity contribution < 1.29 is 110 Å². The molecule has 26 heteroatoms. The minimum atomic E-state index is -1.80. The zero-order valence-electron chi connectivity index (χ0n) is 91.6. The second kappa shape index (κ2) is 81.2. The number of unbranched alkanes of at least 4 members (excludes halogenated alkanes) is 16. The van der Waals surface area contributed by atoms with Gasteiger partial charge in [0.15, 0.2) is 52.9 Å². The van der Waals surface area contributed by atoms with Crippen LogP contribution >= 0.6 is 0 Å². The first-order valence-corrected chi connectivity index (χ1v) is 58.4. The molecular weight excluding hydrogens is 1840 g/mol. The molecule has 12 atom stereocenters. The number of cyclic esters (lactones) is 2. The summed E-state index contributed by atoms with van der Waals surface area (Å²) in [4.78, 5) is 73.5. The number of nitrogens with zero attached hydrogens (tertiary/aromatic N) is 1. The average molecular weight is 2030 g/mol. The topological polar surface area (TPSA) is 307 Å². The summed E-state index contributed by atoms with van der Waals surface area (Å²) in [5.74, 6) is -3.18. The van der Waals surface area contributed by atoms with Crippen LogP contribution in [0, 0.1) is 5.92 Å². The summed E-state index contributed by atoms with van der Waals surface area (Å²) < 4.78 is 72.0. The predicted octanol–water partition coefficient (Wildman–Crippen LogP) is 24.3. The van der Waals surface area contributed by atoms with Gasteiger partial charge in [-0.05, 0) is 188 Å². The Morgan fingerprint density at radius 2 is 0.762 bits per heavy atom. The van der Waals surface area contributed by atoms with E-state index in [-0.39, 0.29) is 85.2 Å². The lowest BCUT2D eigenvalue weighted by atomic mass is 10.1. The molecule has 808 valence electrons. The molecule has 1 aliphatic heterocycles. The van der Waals surface area contributed by atoms with Crippen molar-refractivity contribution in [1.29, 1.82) is 0 Å². The summed E-state index contributed by atoms with van der Waals surface area (Å²) in [6.45, 7) is 38.0. The van der Waals surface area contributed by atoms with Crippen LogP contribution in [-0.4, -0.2) is 213 Å². The van der Waals surface area contributed by atoms with Gasteiger partial charge in [-0.25, -0.2) is 9.59 Å². The van der Waals surface area contributed by atoms with Gasteiger partial charge in [-0.15, -0.1) is 0 Å². The Morgan fingerprint density at radius 3 is 1.10 bits per heavy atom. The van der Waals surface area contributed by atoms with Crippen LogP contribution in [0.1, 0.15) is 291 Å². The fourth-order valence-corrected chi connectivity index (χ4v) is 16.0. The van der Waals surface area contributed by atoms with Gasteiger partial charge in [-0.3, -0.25) is 19.2 Å². The Hall–Kier alpha value is -7.85. The van der Waals surface area contributed by atoms with E-state index in [2.05, 4.69) is 142 Å². The molecule has 0 amide bonds. The number of rotatable bonds is 67. The molecule has 1 aliphatic rings. The molecule has 0 bridgehead atoms. The third-order valence-electron chi connectivity index (χ3n) is 25.3. The van der Waals surface area contributed by atoms with Crippen molar-refractivity contribution in [3.63, 3.8) is 0 Å². The molecule has 0 aliphatic carbocycles. The molecule has 1 saturated heterocycles. The van der Waals surface area contributed by atoms with E-state index in [9.17, 15) is 49.2 Å². The number of aliphatic hydroxyl groups excluding tert-OH is 4. The summed E-state index contributed by atoms with van der Waals surface area (Å²) in [6, 6.07) is 48.3. The van der Waals surface area contributed by atoms with E-state index in [1.54, 1.807) is 21.1 Å². The number of carbonyl (C=O) groups is 6. The molecule has 0 radical (unpaired) electrons. The van der Waals surface area contributed by atoms with Crippen LogP contribution in [0.2, 0.25) is 36.3 Å². The Morgan fingerprint density at radius 1 is 0.413 bits per heavy atom. The standard InChI is InChI=1S/C42H75NO5.C20H22O5.C19H24O3.C13H30O3Si.C12H12O4.C11H26O3Si/c1-5-7-9-11-13-15-17-19-21-23-25-27-29-31-33-35-41(45)47-39(37-43(3)4)40(38-44)48-42(46)36-34-32-30-28-26-24-22-20-18-16-14-12-10-8-6-2;1-15(21)18(24-13-16-9-5-3-6-10-16)19(20(22)23-2)25-14-17-11-7-4-8-12-17;1-2-18(21-14-16-9-5-3-6-10-16)19(13-20)22-15-17-11-7-4-8-12-17;1-9-11(14-5)12(15-6)10-16-17(7,8)13(2,3)4;1-8-10(12(14)16-11(8)13)15-7-9-5-3-2-4-6-9;1-7-9(12)10(13)8-14-15(5,6)11(2,3)4/h13-16,19-22,39-40,44H,5-12,17-18,23-38H2,1-4H3;3-12,18-19H,13-14H2,1-2H3;3-12,18-20H,2,13-15H2,1H3;11-12H,9-10H2,1-8H3;2-6,8,10H,7H2,1H3;9-10,12-13H,7-8H2,1-6H3/b15-13-,16-14-,21-19-,22-20-;;;;;/t39-,40-;18-,19+;18-,19-;11-,12-;8-,10-;9-,10-/m000010/s1. The maximum absolute atomic E-state index is 12.6. The van der Waals surface area contributed by atoms with Crippen LogP contribution in [-0.2, 0) is 123 Å². The number of ketones is 1. The SMILES string of the molecule is CCCCC/C=C\C/C=C\CCCCCCCC(=O)O[C@@H](CO)[C@H](CN(C)C)OC(=O)CCCCCCC/C=C\C/C=C\CCCCC.CC[C@H](O)[C@@H](O)CO[Si](C)(C)C(C)(C)C.CC[C@H](OC)[C@H](CO[Si](C)(C)C(C)(C)C)OC.CC[C@H](OCc1ccccc1)[C@H](CO)OCc1ccccc1.COC(=O)[C@H](OCc1ccccc1)[C@@H](OCc1ccccc1)C(C)=O.C[C@H]1C(=O)OC(=O)[C@@H]1OCc1ccccc1. The lowest BCUT2D eigenvalue weighted by molar-refractivity contribution is -0.172. The predicted molar refractivity (Wildman–Crippen MR) is 580 cm³/mol. The highest BCUT2D eigenvalue weighted by Crippen LogP contribution is 2.38. The number of methoxy groups -OCH3 is 3. The van der Waals surface area contributed by atoms with E-state index in [4.69, 9.17) is 56.2 Å². The lowest BCUT2D eigenvalue weighted by Gasteiger charge is -2.37. The van der Waals surface area contributed by atoms with E-state index in [0.717, 1.165) is 118 Å². The van der Waals surface area contributed by atoms with Gasteiger partial charge in [0.1, 0.15) is 18.3 Å². The van der Waals surface area contributed by atoms with Crippen molar-refractivity contribution in [2.45, 2.75) is 400 Å². The second-order valence-electron chi connectivity index (χ2n) is 39.7. The van der Waals surface area contributed by atoms with E-state index in [1.807, 2.05) is 185 Å². The third-order valence-corrected chi connectivity index (χ3v) is 34.3. The minimum Gasteiger partial charge on any atom is -0.467 e. The second-order valence-corrected chi connectivity index (χ2v) is 49.3. The normalized spacial score (nSPS) is 15.5. The molecule has 0 unspecified atom stereocenters. The number of aliphatic hydroxyl groups is 4. The molecule has 4 N–H and O–H groups in total. The van der Waals surface area contributed by atoms with E-state index in [1.165, 1.54) is 78.2 Å². The van der Waals surface area contributed by atoms with Crippen LogP contribution in [0.25, 0.3) is 0 Å². The number of hydrogen-bond donors (Lipinski definition) is 4. The summed E-state index contributed by atoms with van der Waals surface area (Å²) in [6.07, 6.45) is 39.7. The van der Waals surface area contributed by atoms with Gasteiger partial charge >= 0.3 is 29.8 Å². The van der Waals surface area contributed by atoms with Crippen molar-refractivity contribution in [2.24, 2.45) is 5.92 Å². The zero-order chi connectivity index (χ0) is 107. The van der Waals surface area contributed by atoms with Crippen molar-refractivity contribution in [3.8, 4) is 0 Å². The van der Waals surface area contributed by atoms with Crippen molar-refractivity contribution >= 4 is 52.3 Å². The van der Waals surface area contributed by atoms with E-state index in [0.29, 0.717) is 52.2 Å². The third kappa shape index (κ3) is 62.8. The van der Waals surface area contributed by atoms with Gasteiger partial charge in [0.2, 0.25) is 0 Å². The number of benzene rings is 5. The Bertz CT molecular complexity index is 4070. The molecule has 24 nitrogen and oxygen atoms in total. The summed E-state index contributed by atoms with van der Waals surface area (Å²) >= 11 is 0. The van der Waals surface area contributed by atoms with Crippen LogP contribution in [0.5, 0.6) is 0 Å². The van der Waals surface area contributed by atoms with Gasteiger partial charge in [0.05, 0.1) is 90.8 Å². The zero-order valence-corrected chi connectivity index (χ0v) is 93.6. The highest BCUT2D eigenvalue weighted by molar-refractivity contribution is 6.74. The smallest absolute Gasteiger partial charge is 0.343 e. The molecule has 1 heterocycles. The Balaban J connectivity index is 0.000000912. The van der Waals surface area contributed by atoms with Gasteiger partial charge < -0.3 is 86.3 Å². The highest BCUT2D eigenvalue weighted by Gasteiger charge is 2.43. The fourth-order valence-electron chi connectivity index (χ4n) is 14.0. The van der Waals surface area contributed by atoms with Gasteiger partial charge in [-0.1, -0.05) is 341 Å². The molecule has 1 fully saturated rings. The summed E-state index contributed by atoms with van der Waals surface area (Å²) in [5.41, 5.74) is 4.98. The molecule has 143 heavy (non-hydrogen) atoms. The van der Waals surface area contributed by atoms with Crippen LogP contribution < -0.4 is 0 Å². The maximum atomic E-state index is 12.6. The number of hydrogen-bond acceptors (Lipinski definition) is 24. The fraction of sp³-hybridized carbons (Fsp3) is 0.624. The summed E-state index contributed by atoms with van der Waals surface area (Å²) in [5, 5.41) is 39.0. The number of allylic oxidation sites excluding steroid dienone is 8. The first-order valence-electron chi connectivity index (χ1n) is 52.5. The molecule has 0 aromatic heterocycles. The largest absolute Gasteiger partial charge is 0.467 e. The van der Waals surface area contributed by atoms with Crippen LogP contribution in [0.4, 0.5) is 0 Å². The monoisotopic (exact) mass is 2030 g/mol. The minimum absolute atomic E-state index is 0.0270. The first-order chi connectivity index (χ1) is 68.4. The summed E-state index contributed by atoms with van der Waals surface area (Å²) in [7, 11) is 4.97. The molecule has 0 saturated carbocycles. The van der Waals surface area contributed by atoms with E-state index < -0.39 is 83.2 Å². The van der Waals surface area contributed by atoms with E-state index >= 15 is 0 Å². The van der Waals surface area contributed by atoms with Gasteiger partial charge in [0.25, 0.3) is 0 Å². The molecule has 6 rings (SSSR count). The number of carbonyl (C=O) groups excluding carboxylic acids is 6. The van der Waals surface area contributed by atoms with Crippen molar-refractivity contribution in [2.75, 3.05) is 68.4 Å². The average Bonchev–Trinajstić information content (AvgIpc) is 1.04. The number of esters is 5. The molecule has 0 spiro atoms. The van der Waals surface area contributed by atoms with Gasteiger partial charge in [-0.2, -0.15) is 0 Å². The number of ether oxygens (including phenoxy) is 11. The van der Waals surface area contributed by atoms with Crippen LogP contribution in [0.15, 0.2) is 200 Å². The number of Topliss-reactive ketones (excluding diaryl/α,β-unsaturated/α-hetero) is 1. The highest BCUT2D eigenvalue weighted by atomic mass is 28.4. The lowest BCUT2D eigenvalue weighted by Crippen LogP contribution is -2.45. The Kier molecular flexibility index (Phi) is 75.6. The maximum Gasteiger partial charge on any atom is 0.343 e. The molecule has 5 aromatic carbocycles. The van der Waals surface area contributed by atoms with Crippen LogP contribution in [0.3, 0.4) is 0 Å².